The lowest BCUT2D eigenvalue weighted by Crippen LogP contribution is -2.41. The van der Waals surface area contributed by atoms with Crippen LogP contribution in [-0.2, 0) is 22.4 Å². The normalized spacial score (nSPS) is 18.7. The molecule has 11 nitrogen and oxygen atoms in total. The number of nitrogens with zero attached hydrogens (tertiary/aromatic N) is 4. The zero-order valence-electron chi connectivity index (χ0n) is 23.6. The van der Waals surface area contributed by atoms with Crippen LogP contribution in [0.3, 0.4) is 0 Å². The summed E-state index contributed by atoms with van der Waals surface area (Å²) in [5.41, 5.74) is 12.3. The predicted octanol–water partition coefficient (Wildman–Crippen LogP) is 3.48. The number of aryl methyl sites for hydroxylation is 1. The summed E-state index contributed by atoms with van der Waals surface area (Å²) < 4.78 is 18.0. The molecule has 222 valence electrons. The van der Waals surface area contributed by atoms with Gasteiger partial charge in [-0.05, 0) is 48.7 Å². The summed E-state index contributed by atoms with van der Waals surface area (Å²) >= 11 is 5.90. The summed E-state index contributed by atoms with van der Waals surface area (Å²) in [6.07, 6.45) is 7.43. The number of allylic oxidation sites excluding steroid dienone is 3. The zero-order valence-corrected chi connectivity index (χ0v) is 24.3. The van der Waals surface area contributed by atoms with Crippen molar-refractivity contribution < 1.29 is 23.8 Å². The number of aldehydes is 1. The second-order valence-electron chi connectivity index (χ2n) is 10.2. The molecular weight excluding hydrogens is 572 g/mol. The van der Waals surface area contributed by atoms with E-state index in [-0.39, 0.29) is 13.0 Å². The fourth-order valence-electron chi connectivity index (χ4n) is 5.48. The molecule has 3 N–H and O–H groups in total. The highest BCUT2D eigenvalue weighted by molar-refractivity contribution is 6.41. The number of aromatic nitrogens is 2. The Morgan fingerprint density at radius 1 is 1.12 bits per heavy atom. The third-order valence-electron chi connectivity index (χ3n) is 7.73. The second kappa shape index (κ2) is 12.4. The van der Waals surface area contributed by atoms with Gasteiger partial charge in [-0.25, -0.2) is 4.68 Å². The largest absolute Gasteiger partial charge is 0.454 e. The highest BCUT2D eigenvalue weighted by Crippen LogP contribution is 2.40. The van der Waals surface area contributed by atoms with Gasteiger partial charge in [0, 0.05) is 54.8 Å². The van der Waals surface area contributed by atoms with Gasteiger partial charge >= 0.3 is 0 Å². The van der Waals surface area contributed by atoms with Gasteiger partial charge in [-0.3, -0.25) is 19.5 Å². The van der Waals surface area contributed by atoms with Crippen molar-refractivity contribution >= 4 is 35.7 Å². The molecule has 1 atom stereocenters. The van der Waals surface area contributed by atoms with Crippen molar-refractivity contribution in [2.45, 2.75) is 19.0 Å². The third kappa shape index (κ3) is 5.79. The van der Waals surface area contributed by atoms with E-state index in [4.69, 9.17) is 31.5 Å². The van der Waals surface area contributed by atoms with Crippen LogP contribution in [0.4, 0.5) is 5.69 Å². The molecule has 12 heteroatoms. The molecule has 43 heavy (non-hydrogen) atoms. The van der Waals surface area contributed by atoms with Gasteiger partial charge in [0.15, 0.2) is 23.5 Å². The molecule has 4 aliphatic rings. The maximum absolute atomic E-state index is 12.0. The molecule has 3 aromatic rings. The maximum Gasteiger partial charge on any atom is 0.269 e. The molecule has 0 saturated carbocycles. The molecule has 4 heterocycles. The summed E-state index contributed by atoms with van der Waals surface area (Å²) in [5, 5.41) is 8.13. The number of carbonyl (C=O) groups is 2. The zero-order chi connectivity index (χ0) is 29.9. The highest BCUT2D eigenvalue weighted by Gasteiger charge is 2.29. The van der Waals surface area contributed by atoms with Gasteiger partial charge in [-0.2, -0.15) is 5.10 Å². The number of nitrogens with two attached hydrogens (primary N) is 1. The van der Waals surface area contributed by atoms with E-state index in [9.17, 15) is 9.59 Å². The molecular formula is C31H31ClN6O5. The predicted molar refractivity (Wildman–Crippen MR) is 163 cm³/mol. The number of ether oxygens (including phenoxy) is 3. The van der Waals surface area contributed by atoms with Gasteiger partial charge in [0.05, 0.1) is 29.6 Å². The lowest BCUT2D eigenvalue weighted by atomic mass is 9.88. The molecule has 1 amide bonds. The molecule has 0 bridgehead atoms. The molecule has 3 aliphatic heterocycles. The molecule has 0 spiro atoms. The van der Waals surface area contributed by atoms with Gasteiger partial charge in [-0.1, -0.05) is 23.7 Å². The standard InChI is InChI=1S/C20H18N4O3.C11H13ClN2O2/c1-22-12-4-2-11-3-6-14-18(20(21)25)23-24(19(14)15(11)8-12)13-5-7-16-17(9-13)27-10-26-16;12-10-7-13-11(2-1-9(10)8-15)14-3-5-16-6-4-14/h2,4-5,7-9,22H,3,6,10H2,1H3,(H2,21,25);1-2,7-8,11H,3-6H2. The lowest BCUT2D eigenvalue weighted by Gasteiger charge is -2.30. The minimum Gasteiger partial charge on any atom is -0.454 e. The van der Waals surface area contributed by atoms with Gasteiger partial charge in [0.1, 0.15) is 6.17 Å². The van der Waals surface area contributed by atoms with Crippen molar-refractivity contribution in [1.29, 1.82) is 0 Å². The number of fused-ring (bicyclic) bond motifs is 4. The fraction of sp³-hybridized carbons (Fsp3) is 0.290. The SMILES string of the molecule is CNc1ccc2c(c1)-c1c(c(C(N)=O)nn1-c1ccc3c(c1)OCO3)CC2.O=CC1=C(Cl)C=NC(N2CCOCC2)C=C1. The Balaban J connectivity index is 0.000000176. The van der Waals surface area contributed by atoms with Crippen LogP contribution < -0.4 is 20.5 Å². The van der Waals surface area contributed by atoms with Crippen LogP contribution in [0.5, 0.6) is 11.5 Å². The monoisotopic (exact) mass is 602 g/mol. The smallest absolute Gasteiger partial charge is 0.269 e. The lowest BCUT2D eigenvalue weighted by molar-refractivity contribution is -0.104. The van der Waals surface area contributed by atoms with E-state index < -0.39 is 5.91 Å². The number of amides is 1. The van der Waals surface area contributed by atoms with E-state index in [1.54, 1.807) is 17.0 Å². The first kappa shape index (κ1) is 28.7. The Hall–Kier alpha value is -4.45. The quantitative estimate of drug-likeness (QED) is 0.424. The van der Waals surface area contributed by atoms with E-state index in [1.165, 1.54) is 5.56 Å². The number of benzene rings is 2. The highest BCUT2D eigenvalue weighted by atomic mass is 35.5. The summed E-state index contributed by atoms with van der Waals surface area (Å²) in [7, 11) is 1.88. The Morgan fingerprint density at radius 3 is 2.70 bits per heavy atom. The van der Waals surface area contributed by atoms with Crippen LogP contribution in [0, 0.1) is 0 Å². The number of halogens is 1. The average Bonchev–Trinajstić information content (AvgIpc) is 3.63. The molecule has 1 aromatic heterocycles. The molecule has 7 rings (SSSR count). The number of hydrogen-bond donors (Lipinski definition) is 2. The van der Waals surface area contributed by atoms with Crippen LogP contribution in [0.15, 0.2) is 64.1 Å². The van der Waals surface area contributed by atoms with Crippen LogP contribution in [-0.4, -0.2) is 79.4 Å². The van der Waals surface area contributed by atoms with Gasteiger partial charge in [0.25, 0.3) is 5.91 Å². The van der Waals surface area contributed by atoms with E-state index in [0.717, 1.165) is 73.6 Å². The number of aliphatic imine (C=N–C) groups is 1. The first-order valence-corrected chi connectivity index (χ1v) is 14.4. The van der Waals surface area contributed by atoms with E-state index in [2.05, 4.69) is 38.5 Å². The number of morpholine rings is 1. The number of rotatable bonds is 5. The van der Waals surface area contributed by atoms with Crippen LogP contribution in [0.2, 0.25) is 0 Å². The minimum absolute atomic E-state index is 0.0462. The number of nitrogens with one attached hydrogen (secondary N) is 1. The average molecular weight is 603 g/mol. The third-order valence-corrected chi connectivity index (χ3v) is 8.04. The van der Waals surface area contributed by atoms with E-state index in [0.29, 0.717) is 27.8 Å². The molecule has 0 radical (unpaired) electrons. The molecule has 2 aromatic carbocycles. The summed E-state index contributed by atoms with van der Waals surface area (Å²) in [5.74, 6) is 0.851. The molecule has 1 unspecified atom stereocenters. The number of primary amides is 1. The van der Waals surface area contributed by atoms with E-state index in [1.807, 2.05) is 31.3 Å². The van der Waals surface area contributed by atoms with Gasteiger partial charge < -0.3 is 25.3 Å². The summed E-state index contributed by atoms with van der Waals surface area (Å²) in [6.45, 7) is 3.35. The topological polar surface area (TPSA) is 133 Å². The minimum atomic E-state index is -0.515. The summed E-state index contributed by atoms with van der Waals surface area (Å²) in [4.78, 5) is 29.3. The Bertz CT molecular complexity index is 1660. The maximum atomic E-state index is 12.0. The van der Waals surface area contributed by atoms with Crippen molar-refractivity contribution in [3.05, 3.63) is 76.0 Å². The molecule has 1 aliphatic carbocycles. The Labute approximate surface area is 253 Å². The fourth-order valence-corrected chi connectivity index (χ4v) is 5.65. The van der Waals surface area contributed by atoms with Crippen LogP contribution >= 0.6 is 11.6 Å². The van der Waals surface area contributed by atoms with Gasteiger partial charge in [-0.15, -0.1) is 0 Å². The second-order valence-corrected chi connectivity index (χ2v) is 10.6. The Morgan fingerprint density at radius 2 is 1.93 bits per heavy atom. The Kier molecular flexibility index (Phi) is 8.28. The molecule has 1 saturated heterocycles. The van der Waals surface area contributed by atoms with Gasteiger partial charge in [0.2, 0.25) is 6.79 Å². The first-order chi connectivity index (χ1) is 21.0. The number of carbonyl (C=O) groups excluding carboxylic acids is 2. The molecule has 1 fully saturated rings. The number of hydrogen-bond acceptors (Lipinski definition) is 9. The van der Waals surface area contributed by atoms with Crippen molar-refractivity contribution in [2.75, 3.05) is 45.5 Å². The van der Waals surface area contributed by atoms with Crippen molar-refractivity contribution in [3.8, 4) is 28.4 Å². The van der Waals surface area contributed by atoms with Crippen LogP contribution in [0.25, 0.3) is 16.9 Å². The van der Waals surface area contributed by atoms with Crippen LogP contribution in [0.1, 0.15) is 21.6 Å². The summed E-state index contributed by atoms with van der Waals surface area (Å²) in [6, 6.07) is 11.9. The number of anilines is 1. The van der Waals surface area contributed by atoms with Crippen molar-refractivity contribution in [2.24, 2.45) is 10.7 Å². The van der Waals surface area contributed by atoms with Crippen molar-refractivity contribution in [1.82, 2.24) is 14.7 Å². The van der Waals surface area contributed by atoms with Crippen molar-refractivity contribution in [3.63, 3.8) is 0 Å². The van der Waals surface area contributed by atoms with E-state index >= 15 is 0 Å². The first-order valence-electron chi connectivity index (χ1n) is 14.0.